The van der Waals surface area contributed by atoms with Crippen molar-refractivity contribution in [3.05, 3.63) is 35.7 Å². The molecule has 1 N–H and O–H groups in total. The van der Waals surface area contributed by atoms with Gasteiger partial charge < -0.3 is 9.52 Å². The minimum absolute atomic E-state index is 0.149. The number of hydrogen-bond donors (Lipinski definition) is 1. The average Bonchev–Trinajstić information content (AvgIpc) is 2.92. The van der Waals surface area contributed by atoms with Gasteiger partial charge in [0.1, 0.15) is 0 Å². The first-order valence-electron chi connectivity index (χ1n) is 6.24. The number of rotatable bonds is 6. The van der Waals surface area contributed by atoms with Crippen LogP contribution in [-0.2, 0) is 11.2 Å². The average molecular weight is 271 g/mol. The van der Waals surface area contributed by atoms with Crippen LogP contribution >= 0.6 is 0 Å². The number of benzene rings is 1. The summed E-state index contributed by atoms with van der Waals surface area (Å²) in [4.78, 5) is 10.4. The van der Waals surface area contributed by atoms with Gasteiger partial charge >= 0.3 is 5.97 Å². The number of aromatic nitrogens is 2. The molecule has 0 spiro atoms. The SMILES string of the molecule is N#Cc1ccc(-c2nnc(CCCCC(=O)O)o2)cc1. The second-order valence-electron chi connectivity index (χ2n) is 4.29. The number of aryl methyl sites for hydroxylation is 1. The molecule has 0 amide bonds. The molecule has 0 bridgehead atoms. The van der Waals surface area contributed by atoms with Crippen LogP contribution in [-0.4, -0.2) is 21.3 Å². The Morgan fingerprint density at radius 3 is 2.65 bits per heavy atom. The molecular formula is C14H13N3O3. The standard InChI is InChI=1S/C14H13N3O3/c15-9-10-5-7-11(8-6-10)14-17-16-12(20-14)3-1-2-4-13(18)19/h5-8H,1-4H2,(H,18,19). The summed E-state index contributed by atoms with van der Waals surface area (Å²) in [5, 5.41) is 25.1. The summed E-state index contributed by atoms with van der Waals surface area (Å²) in [6, 6.07) is 8.91. The van der Waals surface area contributed by atoms with Crippen molar-refractivity contribution in [1.82, 2.24) is 10.2 Å². The molecule has 6 nitrogen and oxygen atoms in total. The maximum atomic E-state index is 10.4. The van der Waals surface area contributed by atoms with E-state index in [4.69, 9.17) is 14.8 Å². The predicted molar refractivity (Wildman–Crippen MR) is 69.6 cm³/mol. The van der Waals surface area contributed by atoms with Gasteiger partial charge in [-0.1, -0.05) is 0 Å². The Balaban J connectivity index is 1.94. The molecule has 20 heavy (non-hydrogen) atoms. The zero-order valence-corrected chi connectivity index (χ0v) is 10.7. The Morgan fingerprint density at radius 2 is 2.00 bits per heavy atom. The van der Waals surface area contributed by atoms with Gasteiger partial charge in [0.2, 0.25) is 11.8 Å². The molecule has 0 saturated heterocycles. The topological polar surface area (TPSA) is 100 Å². The summed E-state index contributed by atoms with van der Waals surface area (Å²) >= 11 is 0. The van der Waals surface area contributed by atoms with Gasteiger partial charge in [-0.25, -0.2) is 0 Å². The molecule has 0 atom stereocenters. The Labute approximate surface area is 115 Å². The summed E-state index contributed by atoms with van der Waals surface area (Å²) in [6.45, 7) is 0. The Bertz CT molecular complexity index is 626. The van der Waals surface area contributed by atoms with E-state index in [1.54, 1.807) is 24.3 Å². The quantitative estimate of drug-likeness (QED) is 0.810. The first kappa shape index (κ1) is 13.7. The first-order chi connectivity index (χ1) is 9.69. The van der Waals surface area contributed by atoms with Crippen molar-refractivity contribution < 1.29 is 14.3 Å². The van der Waals surface area contributed by atoms with Gasteiger partial charge in [-0.3, -0.25) is 4.79 Å². The Morgan fingerprint density at radius 1 is 1.25 bits per heavy atom. The molecule has 0 aliphatic heterocycles. The summed E-state index contributed by atoms with van der Waals surface area (Å²) in [5.74, 6) is 0.103. The van der Waals surface area contributed by atoms with Crippen molar-refractivity contribution in [2.45, 2.75) is 25.7 Å². The molecule has 0 aliphatic rings. The number of hydrogen-bond acceptors (Lipinski definition) is 5. The smallest absolute Gasteiger partial charge is 0.303 e. The molecule has 1 aromatic carbocycles. The van der Waals surface area contributed by atoms with Gasteiger partial charge in [0.25, 0.3) is 0 Å². The highest BCUT2D eigenvalue weighted by atomic mass is 16.4. The minimum atomic E-state index is -0.797. The van der Waals surface area contributed by atoms with Crippen LogP contribution < -0.4 is 0 Å². The zero-order chi connectivity index (χ0) is 14.4. The van der Waals surface area contributed by atoms with Crippen molar-refractivity contribution in [3.8, 4) is 17.5 Å². The lowest BCUT2D eigenvalue weighted by atomic mass is 10.1. The number of aliphatic carboxylic acids is 1. The van der Waals surface area contributed by atoms with E-state index < -0.39 is 5.97 Å². The number of carboxylic acids is 1. The van der Waals surface area contributed by atoms with Crippen LogP contribution in [0.4, 0.5) is 0 Å². The lowest BCUT2D eigenvalue weighted by Crippen LogP contribution is -1.95. The van der Waals surface area contributed by atoms with E-state index in [0.717, 1.165) is 5.56 Å². The van der Waals surface area contributed by atoms with Gasteiger partial charge in [0, 0.05) is 18.4 Å². The van der Waals surface area contributed by atoms with Gasteiger partial charge in [-0.15, -0.1) is 10.2 Å². The van der Waals surface area contributed by atoms with Gasteiger partial charge in [0.15, 0.2) is 0 Å². The third-order valence-corrected chi connectivity index (χ3v) is 2.76. The fourth-order valence-electron chi connectivity index (χ4n) is 1.71. The van der Waals surface area contributed by atoms with Crippen LogP contribution in [0, 0.1) is 11.3 Å². The molecular weight excluding hydrogens is 258 g/mol. The molecule has 0 aliphatic carbocycles. The van der Waals surface area contributed by atoms with Crippen molar-refractivity contribution in [2.24, 2.45) is 0 Å². The second kappa shape index (κ2) is 6.48. The maximum absolute atomic E-state index is 10.4. The lowest BCUT2D eigenvalue weighted by molar-refractivity contribution is -0.137. The van der Waals surface area contributed by atoms with Crippen LogP contribution in [0.15, 0.2) is 28.7 Å². The maximum Gasteiger partial charge on any atom is 0.303 e. The zero-order valence-electron chi connectivity index (χ0n) is 10.7. The van der Waals surface area contributed by atoms with Crippen molar-refractivity contribution >= 4 is 5.97 Å². The first-order valence-corrected chi connectivity index (χ1v) is 6.24. The number of nitriles is 1. The van der Waals surface area contributed by atoms with E-state index in [-0.39, 0.29) is 6.42 Å². The van der Waals surface area contributed by atoms with E-state index in [1.807, 2.05) is 6.07 Å². The molecule has 102 valence electrons. The van der Waals surface area contributed by atoms with Crippen LogP contribution in [0.2, 0.25) is 0 Å². The molecule has 0 saturated carbocycles. The number of carbonyl (C=O) groups is 1. The van der Waals surface area contributed by atoms with E-state index in [0.29, 0.717) is 36.6 Å². The summed E-state index contributed by atoms with van der Waals surface area (Å²) in [5.41, 5.74) is 1.33. The third kappa shape index (κ3) is 3.65. The normalized spacial score (nSPS) is 10.2. The number of carboxylic acid groups (broad SMARTS) is 1. The highest BCUT2D eigenvalue weighted by Gasteiger charge is 2.08. The van der Waals surface area contributed by atoms with Crippen molar-refractivity contribution in [1.29, 1.82) is 5.26 Å². The molecule has 0 radical (unpaired) electrons. The lowest BCUT2D eigenvalue weighted by Gasteiger charge is -1.95. The molecule has 2 aromatic rings. The summed E-state index contributed by atoms with van der Waals surface area (Å²) in [7, 11) is 0. The fourth-order valence-corrected chi connectivity index (χ4v) is 1.71. The van der Waals surface area contributed by atoms with E-state index in [2.05, 4.69) is 10.2 Å². The third-order valence-electron chi connectivity index (χ3n) is 2.76. The van der Waals surface area contributed by atoms with Crippen LogP contribution in [0.1, 0.15) is 30.7 Å². The predicted octanol–water partition coefficient (Wildman–Crippen LogP) is 2.41. The molecule has 1 aromatic heterocycles. The second-order valence-corrected chi connectivity index (χ2v) is 4.29. The molecule has 0 fully saturated rings. The summed E-state index contributed by atoms with van der Waals surface area (Å²) in [6.07, 6.45) is 2.00. The van der Waals surface area contributed by atoms with E-state index >= 15 is 0 Å². The van der Waals surface area contributed by atoms with Gasteiger partial charge in [0.05, 0.1) is 11.6 Å². The monoisotopic (exact) mass is 271 g/mol. The molecule has 2 rings (SSSR count). The molecule has 0 unspecified atom stereocenters. The van der Waals surface area contributed by atoms with Crippen molar-refractivity contribution in [3.63, 3.8) is 0 Å². The van der Waals surface area contributed by atoms with Gasteiger partial charge in [-0.05, 0) is 37.1 Å². The Kier molecular flexibility index (Phi) is 4.45. The molecule has 6 heteroatoms. The largest absolute Gasteiger partial charge is 0.481 e. The van der Waals surface area contributed by atoms with Gasteiger partial charge in [-0.2, -0.15) is 5.26 Å². The molecule has 1 heterocycles. The Hall–Kier alpha value is -2.68. The summed E-state index contributed by atoms with van der Waals surface area (Å²) < 4.78 is 5.50. The van der Waals surface area contributed by atoms with Crippen LogP contribution in [0.25, 0.3) is 11.5 Å². The van der Waals surface area contributed by atoms with E-state index in [1.165, 1.54) is 0 Å². The van der Waals surface area contributed by atoms with Crippen LogP contribution in [0.5, 0.6) is 0 Å². The highest BCUT2D eigenvalue weighted by molar-refractivity contribution is 5.66. The minimum Gasteiger partial charge on any atom is -0.481 e. The highest BCUT2D eigenvalue weighted by Crippen LogP contribution is 2.19. The number of unbranched alkanes of at least 4 members (excludes halogenated alkanes) is 1. The number of nitrogens with zero attached hydrogens (tertiary/aromatic N) is 3. The van der Waals surface area contributed by atoms with Crippen LogP contribution in [0.3, 0.4) is 0 Å². The van der Waals surface area contributed by atoms with E-state index in [9.17, 15) is 4.79 Å². The van der Waals surface area contributed by atoms with Crippen molar-refractivity contribution in [2.75, 3.05) is 0 Å². The fraction of sp³-hybridized carbons (Fsp3) is 0.286.